The van der Waals surface area contributed by atoms with Crippen LogP contribution in [-0.2, 0) is 0 Å². The van der Waals surface area contributed by atoms with Crippen molar-refractivity contribution in [1.82, 2.24) is 14.9 Å². The molecule has 1 amide bonds. The number of pyridine rings is 2. The lowest BCUT2D eigenvalue weighted by molar-refractivity contribution is 0.0600. The Labute approximate surface area is 164 Å². The first-order valence-electron chi connectivity index (χ1n) is 9.58. The fraction of sp³-hybridized carbons (Fsp3) is 0.261. The number of benzene rings is 1. The van der Waals surface area contributed by atoms with E-state index in [-0.39, 0.29) is 17.8 Å². The van der Waals surface area contributed by atoms with Gasteiger partial charge in [-0.15, -0.1) is 0 Å². The molecule has 1 aliphatic rings. The van der Waals surface area contributed by atoms with Crippen molar-refractivity contribution in [2.75, 3.05) is 6.54 Å². The molecule has 1 saturated heterocycles. The molecule has 1 fully saturated rings. The summed E-state index contributed by atoms with van der Waals surface area (Å²) in [5.41, 5.74) is 4.14. The van der Waals surface area contributed by atoms with Gasteiger partial charge in [-0.3, -0.25) is 14.8 Å². The van der Waals surface area contributed by atoms with Gasteiger partial charge >= 0.3 is 0 Å². The molecule has 3 aromatic rings. The quantitative estimate of drug-likeness (QED) is 0.650. The number of aryl methyl sites for hydroxylation is 1. The smallest absolute Gasteiger partial charge is 0.273 e. The molecule has 0 radical (unpaired) electrons. The number of carbonyl (C=O) groups is 1. The van der Waals surface area contributed by atoms with E-state index in [1.165, 1.54) is 12.1 Å². The predicted octanol–water partition coefficient (Wildman–Crippen LogP) is 4.96. The van der Waals surface area contributed by atoms with Crippen molar-refractivity contribution in [2.24, 2.45) is 0 Å². The van der Waals surface area contributed by atoms with Gasteiger partial charge in [0.25, 0.3) is 5.91 Å². The van der Waals surface area contributed by atoms with Gasteiger partial charge < -0.3 is 4.90 Å². The Morgan fingerprint density at radius 2 is 1.89 bits per heavy atom. The lowest BCUT2D eigenvalue weighted by Crippen LogP contribution is -2.39. The Bertz CT molecular complexity index is 973. The molecule has 5 heteroatoms. The maximum atomic E-state index is 13.3. The fourth-order valence-corrected chi connectivity index (χ4v) is 3.79. The van der Waals surface area contributed by atoms with Gasteiger partial charge in [-0.2, -0.15) is 0 Å². The van der Waals surface area contributed by atoms with Gasteiger partial charge in [0.05, 0.1) is 11.7 Å². The Morgan fingerprint density at radius 1 is 1.07 bits per heavy atom. The number of aromatic nitrogens is 2. The summed E-state index contributed by atoms with van der Waals surface area (Å²) in [6.45, 7) is 2.64. The van der Waals surface area contributed by atoms with Crippen LogP contribution in [0.25, 0.3) is 11.1 Å². The minimum absolute atomic E-state index is 0.0584. The summed E-state index contributed by atoms with van der Waals surface area (Å²) in [6.07, 6.45) is 4.55. The third-order valence-electron chi connectivity index (χ3n) is 5.14. The number of likely N-dealkylation sites (tertiary alicyclic amines) is 1. The van der Waals surface area contributed by atoms with Crippen molar-refractivity contribution in [3.8, 4) is 11.1 Å². The van der Waals surface area contributed by atoms with Gasteiger partial charge in [-0.25, -0.2) is 4.39 Å². The van der Waals surface area contributed by atoms with E-state index >= 15 is 0 Å². The molecule has 142 valence electrons. The van der Waals surface area contributed by atoms with E-state index < -0.39 is 0 Å². The molecule has 1 atom stereocenters. The topological polar surface area (TPSA) is 46.1 Å². The molecule has 4 rings (SSSR count). The summed E-state index contributed by atoms with van der Waals surface area (Å²) in [6, 6.07) is 15.8. The molecule has 0 spiro atoms. The molecule has 1 aromatic carbocycles. The molecular weight excluding hydrogens is 353 g/mol. The standard InChI is InChI=1S/C23H22FN3O/c1-16-14-18(17-8-10-19(24)11-9-17)15-21(26-16)22-7-3-5-13-27(22)23(28)20-6-2-4-12-25-20/h2,4,6,8-12,14-15,22H,3,5,7,13H2,1H3/t22-/m1/s1. The van der Waals surface area contributed by atoms with E-state index in [4.69, 9.17) is 4.98 Å². The van der Waals surface area contributed by atoms with Crippen LogP contribution < -0.4 is 0 Å². The monoisotopic (exact) mass is 375 g/mol. The maximum absolute atomic E-state index is 13.3. The lowest BCUT2D eigenvalue weighted by Gasteiger charge is -2.35. The molecule has 4 nitrogen and oxygen atoms in total. The molecular formula is C23H22FN3O. The number of rotatable bonds is 3. The van der Waals surface area contributed by atoms with Crippen molar-refractivity contribution < 1.29 is 9.18 Å². The number of nitrogens with zero attached hydrogens (tertiary/aromatic N) is 3. The zero-order valence-corrected chi connectivity index (χ0v) is 15.8. The predicted molar refractivity (Wildman–Crippen MR) is 106 cm³/mol. The zero-order valence-electron chi connectivity index (χ0n) is 15.8. The van der Waals surface area contributed by atoms with E-state index in [0.29, 0.717) is 12.2 Å². The first kappa shape index (κ1) is 18.3. The number of hydrogen-bond acceptors (Lipinski definition) is 3. The molecule has 0 N–H and O–H groups in total. The summed E-state index contributed by atoms with van der Waals surface area (Å²) < 4.78 is 13.3. The lowest BCUT2D eigenvalue weighted by atomic mass is 9.95. The van der Waals surface area contributed by atoms with Crippen molar-refractivity contribution in [3.63, 3.8) is 0 Å². The Hall–Kier alpha value is -3.08. The molecule has 2 aromatic heterocycles. The van der Waals surface area contributed by atoms with Gasteiger partial charge in [0, 0.05) is 18.4 Å². The largest absolute Gasteiger partial charge is 0.329 e. The summed E-state index contributed by atoms with van der Waals surface area (Å²) in [5.74, 6) is -0.314. The second-order valence-electron chi connectivity index (χ2n) is 7.15. The molecule has 3 heterocycles. The first-order valence-corrected chi connectivity index (χ1v) is 9.58. The maximum Gasteiger partial charge on any atom is 0.273 e. The second-order valence-corrected chi connectivity index (χ2v) is 7.15. The Kier molecular flexibility index (Phi) is 5.15. The van der Waals surface area contributed by atoms with Crippen LogP contribution in [0.2, 0.25) is 0 Å². The van der Waals surface area contributed by atoms with Crippen LogP contribution in [0.4, 0.5) is 4.39 Å². The van der Waals surface area contributed by atoms with Gasteiger partial charge in [-0.1, -0.05) is 18.2 Å². The molecule has 0 unspecified atom stereocenters. The third-order valence-corrected chi connectivity index (χ3v) is 5.14. The zero-order chi connectivity index (χ0) is 19.5. The van der Waals surface area contributed by atoms with Crippen LogP contribution in [0.5, 0.6) is 0 Å². The van der Waals surface area contributed by atoms with Gasteiger partial charge in [0.1, 0.15) is 11.5 Å². The highest BCUT2D eigenvalue weighted by atomic mass is 19.1. The van der Waals surface area contributed by atoms with Crippen molar-refractivity contribution >= 4 is 5.91 Å². The number of piperidine rings is 1. The Morgan fingerprint density at radius 3 is 2.64 bits per heavy atom. The second kappa shape index (κ2) is 7.89. The molecule has 0 saturated carbocycles. The molecule has 1 aliphatic heterocycles. The minimum Gasteiger partial charge on any atom is -0.329 e. The van der Waals surface area contributed by atoms with Crippen LogP contribution >= 0.6 is 0 Å². The van der Waals surface area contributed by atoms with E-state index in [0.717, 1.165) is 41.8 Å². The highest BCUT2D eigenvalue weighted by molar-refractivity contribution is 5.92. The van der Waals surface area contributed by atoms with E-state index in [9.17, 15) is 9.18 Å². The minimum atomic E-state index is -0.255. The molecule has 28 heavy (non-hydrogen) atoms. The first-order chi connectivity index (χ1) is 13.6. The van der Waals surface area contributed by atoms with Crippen LogP contribution in [0, 0.1) is 12.7 Å². The van der Waals surface area contributed by atoms with Crippen LogP contribution in [-0.4, -0.2) is 27.3 Å². The van der Waals surface area contributed by atoms with Gasteiger partial charge in [-0.05, 0) is 73.7 Å². The number of halogens is 1. The van der Waals surface area contributed by atoms with E-state index in [1.807, 2.05) is 36.1 Å². The summed E-state index contributed by atoms with van der Waals surface area (Å²) in [7, 11) is 0. The highest BCUT2D eigenvalue weighted by Crippen LogP contribution is 2.33. The van der Waals surface area contributed by atoms with Crippen LogP contribution in [0.15, 0.2) is 60.8 Å². The van der Waals surface area contributed by atoms with Crippen LogP contribution in [0.1, 0.15) is 47.2 Å². The van der Waals surface area contributed by atoms with Crippen molar-refractivity contribution in [2.45, 2.75) is 32.2 Å². The Balaban J connectivity index is 1.69. The summed E-state index contributed by atoms with van der Waals surface area (Å²) >= 11 is 0. The van der Waals surface area contributed by atoms with Gasteiger partial charge in [0.2, 0.25) is 0 Å². The fourth-order valence-electron chi connectivity index (χ4n) is 3.79. The van der Waals surface area contributed by atoms with Gasteiger partial charge in [0.15, 0.2) is 0 Å². The highest BCUT2D eigenvalue weighted by Gasteiger charge is 2.30. The third kappa shape index (κ3) is 3.79. The SMILES string of the molecule is Cc1cc(-c2ccc(F)cc2)cc([C@H]2CCCCN2C(=O)c2ccccn2)n1. The number of hydrogen-bond donors (Lipinski definition) is 0. The normalized spacial score (nSPS) is 16.8. The number of amides is 1. The number of carbonyl (C=O) groups excluding carboxylic acids is 1. The van der Waals surface area contributed by atoms with E-state index in [1.54, 1.807) is 24.4 Å². The van der Waals surface area contributed by atoms with E-state index in [2.05, 4.69) is 4.98 Å². The average molecular weight is 375 g/mol. The molecule has 0 aliphatic carbocycles. The van der Waals surface area contributed by atoms with Crippen LogP contribution in [0.3, 0.4) is 0 Å². The average Bonchev–Trinajstić information content (AvgIpc) is 2.74. The summed E-state index contributed by atoms with van der Waals surface area (Å²) in [4.78, 5) is 23.9. The molecule has 0 bridgehead atoms. The van der Waals surface area contributed by atoms with Crippen molar-refractivity contribution in [1.29, 1.82) is 0 Å². The van der Waals surface area contributed by atoms with Crippen molar-refractivity contribution in [3.05, 3.63) is 83.7 Å². The summed E-state index contributed by atoms with van der Waals surface area (Å²) in [5, 5.41) is 0.